The van der Waals surface area contributed by atoms with Gasteiger partial charge in [-0.3, -0.25) is 4.90 Å². The Balaban J connectivity index is 1.86. The summed E-state index contributed by atoms with van der Waals surface area (Å²) in [6.45, 7) is 7.95. The number of ether oxygens (including phenoxy) is 1. The molecular weight excluding hydrogens is 248 g/mol. The Kier molecular flexibility index (Phi) is 6.34. The minimum absolute atomic E-state index is 0.796. The lowest BCUT2D eigenvalue weighted by atomic mass is 9.97. The second kappa shape index (κ2) is 8.28. The van der Waals surface area contributed by atoms with Crippen LogP contribution in [0.15, 0.2) is 24.3 Å². The topological polar surface area (TPSA) is 24.5 Å². The summed E-state index contributed by atoms with van der Waals surface area (Å²) in [7, 11) is 1.76. The van der Waals surface area contributed by atoms with Gasteiger partial charge in [0, 0.05) is 18.7 Å². The second-order valence-electron chi connectivity index (χ2n) is 5.76. The van der Waals surface area contributed by atoms with E-state index in [0.717, 1.165) is 31.3 Å². The molecule has 1 aliphatic heterocycles. The van der Waals surface area contributed by atoms with Gasteiger partial charge in [0.15, 0.2) is 0 Å². The van der Waals surface area contributed by atoms with E-state index in [-0.39, 0.29) is 0 Å². The van der Waals surface area contributed by atoms with Crippen molar-refractivity contribution in [1.82, 2.24) is 10.2 Å². The zero-order valence-corrected chi connectivity index (χ0v) is 12.9. The minimum atomic E-state index is 0.796. The average Bonchev–Trinajstić information content (AvgIpc) is 2.48. The lowest BCUT2D eigenvalue weighted by molar-refractivity contribution is 0.164. The van der Waals surface area contributed by atoms with Crippen LogP contribution >= 0.6 is 0 Å². The number of likely N-dealkylation sites (tertiary alicyclic amines) is 1. The van der Waals surface area contributed by atoms with Crippen LogP contribution in [-0.2, 0) is 6.54 Å². The Bertz CT molecular complexity index is 394. The highest BCUT2D eigenvalue weighted by molar-refractivity contribution is 5.33. The Labute approximate surface area is 123 Å². The monoisotopic (exact) mass is 276 g/mol. The van der Waals surface area contributed by atoms with Crippen molar-refractivity contribution in [2.24, 2.45) is 5.92 Å². The number of rotatable bonds is 7. The fourth-order valence-electron chi connectivity index (χ4n) is 3.02. The van der Waals surface area contributed by atoms with Gasteiger partial charge in [-0.2, -0.15) is 0 Å². The van der Waals surface area contributed by atoms with Gasteiger partial charge in [-0.25, -0.2) is 0 Å². The second-order valence-corrected chi connectivity index (χ2v) is 5.76. The Morgan fingerprint density at radius 1 is 1.35 bits per heavy atom. The van der Waals surface area contributed by atoms with Gasteiger partial charge in [0.05, 0.1) is 7.11 Å². The van der Waals surface area contributed by atoms with Crippen LogP contribution in [0.1, 0.15) is 31.7 Å². The van der Waals surface area contributed by atoms with Crippen molar-refractivity contribution < 1.29 is 4.74 Å². The molecule has 0 aromatic heterocycles. The van der Waals surface area contributed by atoms with Gasteiger partial charge in [-0.1, -0.05) is 25.1 Å². The molecular formula is C17H28N2O. The van der Waals surface area contributed by atoms with Gasteiger partial charge < -0.3 is 10.1 Å². The first-order chi connectivity index (χ1) is 9.83. The van der Waals surface area contributed by atoms with Crippen LogP contribution in [0.5, 0.6) is 5.75 Å². The average molecular weight is 276 g/mol. The highest BCUT2D eigenvalue weighted by Crippen LogP contribution is 2.23. The van der Waals surface area contributed by atoms with E-state index in [1.165, 1.54) is 37.9 Å². The van der Waals surface area contributed by atoms with Gasteiger partial charge in [-0.15, -0.1) is 0 Å². The zero-order valence-electron chi connectivity index (χ0n) is 12.9. The largest absolute Gasteiger partial charge is 0.496 e. The van der Waals surface area contributed by atoms with E-state index in [1.807, 2.05) is 6.07 Å². The van der Waals surface area contributed by atoms with Crippen LogP contribution < -0.4 is 10.1 Å². The van der Waals surface area contributed by atoms with Crippen molar-refractivity contribution in [1.29, 1.82) is 0 Å². The number of piperidine rings is 1. The maximum absolute atomic E-state index is 5.45. The molecule has 0 radical (unpaired) electrons. The van der Waals surface area contributed by atoms with Crippen LogP contribution in [-0.4, -0.2) is 38.2 Å². The Morgan fingerprint density at radius 2 is 2.20 bits per heavy atom. The lowest BCUT2D eigenvalue weighted by Gasteiger charge is -2.33. The molecule has 112 valence electrons. The summed E-state index contributed by atoms with van der Waals surface area (Å²) in [5.41, 5.74) is 1.30. The molecule has 1 heterocycles. The van der Waals surface area contributed by atoms with Crippen LogP contribution in [0.25, 0.3) is 0 Å². The number of hydrogen-bond acceptors (Lipinski definition) is 3. The molecule has 1 saturated heterocycles. The van der Waals surface area contributed by atoms with Crippen molar-refractivity contribution in [3.63, 3.8) is 0 Å². The van der Waals surface area contributed by atoms with Gasteiger partial charge in [0.2, 0.25) is 0 Å². The third kappa shape index (κ3) is 4.50. The molecule has 3 heteroatoms. The highest BCUT2D eigenvalue weighted by Gasteiger charge is 2.20. The van der Waals surface area contributed by atoms with Crippen molar-refractivity contribution in [2.75, 3.05) is 33.3 Å². The van der Waals surface area contributed by atoms with Gasteiger partial charge in [0.25, 0.3) is 0 Å². The molecule has 0 spiro atoms. The minimum Gasteiger partial charge on any atom is -0.496 e. The zero-order chi connectivity index (χ0) is 14.2. The molecule has 0 saturated carbocycles. The molecule has 3 nitrogen and oxygen atoms in total. The molecule has 0 amide bonds. The summed E-state index contributed by atoms with van der Waals surface area (Å²) < 4.78 is 5.45. The first-order valence-electron chi connectivity index (χ1n) is 7.88. The molecule has 1 aromatic rings. The lowest BCUT2D eigenvalue weighted by Crippen LogP contribution is -2.39. The van der Waals surface area contributed by atoms with Crippen LogP contribution in [0.2, 0.25) is 0 Å². The molecule has 1 fully saturated rings. The van der Waals surface area contributed by atoms with E-state index >= 15 is 0 Å². The van der Waals surface area contributed by atoms with Crippen molar-refractivity contribution in [3.05, 3.63) is 29.8 Å². The molecule has 1 aromatic carbocycles. The molecule has 0 aliphatic carbocycles. The fraction of sp³-hybridized carbons (Fsp3) is 0.647. The standard InChI is InChI=1S/C17H28N2O/c1-3-10-18-12-15-7-6-11-19(13-15)14-16-8-4-5-9-17(16)20-2/h4-5,8-9,15,18H,3,6-7,10-14H2,1-2H3. The van der Waals surface area contributed by atoms with Crippen LogP contribution in [0.3, 0.4) is 0 Å². The quantitative estimate of drug-likeness (QED) is 0.775. The summed E-state index contributed by atoms with van der Waals surface area (Å²) >= 11 is 0. The number of benzene rings is 1. The predicted octanol–water partition coefficient (Wildman–Crippen LogP) is 2.91. The number of methoxy groups -OCH3 is 1. The summed E-state index contributed by atoms with van der Waals surface area (Å²) in [6, 6.07) is 8.37. The smallest absolute Gasteiger partial charge is 0.123 e. The van der Waals surface area contributed by atoms with Gasteiger partial charge in [0.1, 0.15) is 5.75 Å². The molecule has 1 N–H and O–H groups in total. The molecule has 20 heavy (non-hydrogen) atoms. The molecule has 1 aliphatic rings. The number of para-hydroxylation sites is 1. The van der Waals surface area contributed by atoms with E-state index in [9.17, 15) is 0 Å². The summed E-state index contributed by atoms with van der Waals surface area (Å²) in [5, 5.41) is 3.56. The summed E-state index contributed by atoms with van der Waals surface area (Å²) in [4.78, 5) is 2.57. The van der Waals surface area contributed by atoms with Crippen molar-refractivity contribution in [3.8, 4) is 5.75 Å². The van der Waals surface area contributed by atoms with E-state index in [4.69, 9.17) is 4.74 Å². The van der Waals surface area contributed by atoms with Crippen LogP contribution in [0.4, 0.5) is 0 Å². The summed E-state index contributed by atoms with van der Waals surface area (Å²) in [5.74, 6) is 1.81. The highest BCUT2D eigenvalue weighted by atomic mass is 16.5. The van der Waals surface area contributed by atoms with Gasteiger partial charge >= 0.3 is 0 Å². The summed E-state index contributed by atoms with van der Waals surface area (Å²) in [6.07, 6.45) is 3.89. The number of hydrogen-bond donors (Lipinski definition) is 1. The number of nitrogens with one attached hydrogen (secondary N) is 1. The maximum Gasteiger partial charge on any atom is 0.123 e. The maximum atomic E-state index is 5.45. The first kappa shape index (κ1) is 15.3. The predicted molar refractivity (Wildman–Crippen MR) is 84.2 cm³/mol. The third-order valence-electron chi connectivity index (χ3n) is 4.05. The third-order valence-corrected chi connectivity index (χ3v) is 4.05. The Morgan fingerprint density at radius 3 is 3.00 bits per heavy atom. The normalized spacial score (nSPS) is 20.0. The van der Waals surface area contributed by atoms with Gasteiger partial charge in [-0.05, 0) is 50.9 Å². The van der Waals surface area contributed by atoms with Crippen LogP contribution in [0, 0.1) is 5.92 Å². The van der Waals surface area contributed by atoms with Crippen molar-refractivity contribution in [2.45, 2.75) is 32.7 Å². The molecule has 1 unspecified atom stereocenters. The van der Waals surface area contributed by atoms with E-state index in [0.29, 0.717) is 0 Å². The first-order valence-corrected chi connectivity index (χ1v) is 7.88. The molecule has 1 atom stereocenters. The Hall–Kier alpha value is -1.06. The van der Waals surface area contributed by atoms with Crippen molar-refractivity contribution >= 4 is 0 Å². The molecule has 0 bridgehead atoms. The van der Waals surface area contributed by atoms with E-state index < -0.39 is 0 Å². The number of nitrogens with zero attached hydrogens (tertiary/aromatic N) is 1. The fourth-order valence-corrected chi connectivity index (χ4v) is 3.02. The van der Waals surface area contributed by atoms with E-state index in [2.05, 4.69) is 35.3 Å². The molecule has 2 rings (SSSR count). The SMILES string of the molecule is CCCNCC1CCCN(Cc2ccccc2OC)C1. The van der Waals surface area contributed by atoms with E-state index in [1.54, 1.807) is 7.11 Å².